The van der Waals surface area contributed by atoms with Gasteiger partial charge in [-0.1, -0.05) is 12.1 Å². The lowest BCUT2D eigenvalue weighted by molar-refractivity contribution is 0.0939. The van der Waals surface area contributed by atoms with Crippen LogP contribution >= 0.6 is 0 Å². The van der Waals surface area contributed by atoms with E-state index in [2.05, 4.69) is 15.7 Å². The zero-order valence-corrected chi connectivity index (χ0v) is 18.6. The number of benzene rings is 2. The predicted octanol–water partition coefficient (Wildman–Crippen LogP) is 4.33. The first-order chi connectivity index (χ1) is 17.2. The Labute approximate surface area is 201 Å². The van der Waals surface area contributed by atoms with Gasteiger partial charge < -0.3 is 19.8 Å². The van der Waals surface area contributed by atoms with Gasteiger partial charge in [0, 0.05) is 18.7 Å². The van der Waals surface area contributed by atoms with Gasteiger partial charge in [0.15, 0.2) is 17.4 Å². The molecule has 0 saturated carbocycles. The minimum Gasteiger partial charge on any atom is -0.483 e. The molecule has 0 aliphatic carbocycles. The molecular formula is C24H18F4N4O4. The van der Waals surface area contributed by atoms with Gasteiger partial charge in [-0.3, -0.25) is 14.3 Å². The number of furan rings is 1. The number of rotatable bonds is 8. The van der Waals surface area contributed by atoms with Crippen molar-refractivity contribution in [2.75, 3.05) is 5.32 Å². The first kappa shape index (κ1) is 24.5. The lowest BCUT2D eigenvalue weighted by atomic mass is 10.1. The van der Waals surface area contributed by atoms with Crippen LogP contribution in [0.4, 0.5) is 23.2 Å². The van der Waals surface area contributed by atoms with E-state index in [1.165, 1.54) is 41.4 Å². The van der Waals surface area contributed by atoms with Crippen LogP contribution in [-0.4, -0.2) is 21.6 Å². The van der Waals surface area contributed by atoms with Gasteiger partial charge in [-0.2, -0.15) is 13.9 Å². The second kappa shape index (κ2) is 10.3. The predicted molar refractivity (Wildman–Crippen MR) is 118 cm³/mol. The second-order valence-electron chi connectivity index (χ2n) is 7.53. The monoisotopic (exact) mass is 502 g/mol. The highest BCUT2D eigenvalue weighted by atomic mass is 19.2. The fourth-order valence-electron chi connectivity index (χ4n) is 3.24. The van der Waals surface area contributed by atoms with E-state index >= 15 is 0 Å². The van der Waals surface area contributed by atoms with Crippen LogP contribution < -0.4 is 15.4 Å². The number of halogens is 4. The minimum atomic E-state index is -1.65. The zero-order valence-electron chi connectivity index (χ0n) is 18.6. The van der Waals surface area contributed by atoms with Crippen molar-refractivity contribution in [2.45, 2.75) is 13.2 Å². The van der Waals surface area contributed by atoms with Crippen molar-refractivity contribution in [3.8, 4) is 5.75 Å². The smallest absolute Gasteiger partial charge is 0.272 e. The number of ether oxygens (including phenoxy) is 1. The molecule has 8 nitrogen and oxygen atoms in total. The van der Waals surface area contributed by atoms with E-state index < -0.39 is 47.4 Å². The maximum Gasteiger partial charge on any atom is 0.272 e. The highest BCUT2D eigenvalue weighted by Crippen LogP contribution is 2.27. The van der Waals surface area contributed by atoms with Gasteiger partial charge in [0.1, 0.15) is 18.1 Å². The van der Waals surface area contributed by atoms with Crippen molar-refractivity contribution >= 4 is 17.5 Å². The van der Waals surface area contributed by atoms with Crippen LogP contribution in [0.5, 0.6) is 5.75 Å². The Morgan fingerprint density at radius 2 is 1.72 bits per heavy atom. The summed E-state index contributed by atoms with van der Waals surface area (Å²) in [7, 11) is 1.54. The third-order valence-corrected chi connectivity index (χ3v) is 5.08. The number of aryl methyl sites for hydroxylation is 1. The summed E-state index contributed by atoms with van der Waals surface area (Å²) in [6.07, 6.45) is 2.80. The Kier molecular flexibility index (Phi) is 7.04. The molecule has 12 heteroatoms. The van der Waals surface area contributed by atoms with Gasteiger partial charge in [-0.05, 0) is 29.8 Å². The number of nitrogens with one attached hydrogen (secondary N) is 2. The summed E-state index contributed by atoms with van der Waals surface area (Å²) in [4.78, 5) is 25.3. The molecule has 4 aromatic rings. The fraction of sp³-hybridized carbons (Fsp3) is 0.125. The molecule has 186 valence electrons. The highest BCUT2D eigenvalue weighted by Gasteiger charge is 2.21. The molecule has 0 fully saturated rings. The summed E-state index contributed by atoms with van der Waals surface area (Å²) >= 11 is 0. The molecule has 0 spiro atoms. The number of carbonyl (C=O) groups is 2. The minimum absolute atomic E-state index is 0.0847. The number of nitrogens with zero attached hydrogens (tertiary/aromatic N) is 2. The van der Waals surface area contributed by atoms with E-state index in [1.807, 2.05) is 0 Å². The highest BCUT2D eigenvalue weighted by molar-refractivity contribution is 6.08. The Morgan fingerprint density at radius 3 is 2.36 bits per heavy atom. The maximum absolute atomic E-state index is 13.7. The standard InChI is InChI=1S/C24H18F4N4O4/c1-32-21(24(34)29-10-15-3-2-8-35-15)18(11-30-32)31-23(33)14-6-4-13(5-7-14)12-36-22-19(27)16(25)9-17(26)20(22)28/h2-9,11H,10,12H2,1H3,(H,29,34)(H,31,33). The molecule has 0 radical (unpaired) electrons. The molecule has 4 rings (SSSR count). The summed E-state index contributed by atoms with van der Waals surface area (Å²) in [5.74, 6) is -8.13. The molecular weight excluding hydrogens is 484 g/mol. The van der Waals surface area contributed by atoms with Gasteiger partial charge in [0.25, 0.3) is 11.8 Å². The summed E-state index contributed by atoms with van der Waals surface area (Å²) in [6.45, 7) is -0.273. The SMILES string of the molecule is Cn1ncc(NC(=O)c2ccc(COc3c(F)c(F)cc(F)c3F)cc2)c1C(=O)NCc1ccco1. The van der Waals surface area contributed by atoms with Crippen LogP contribution in [0.15, 0.2) is 59.3 Å². The van der Waals surface area contributed by atoms with Gasteiger partial charge in [-0.25, -0.2) is 8.78 Å². The number of amides is 2. The van der Waals surface area contributed by atoms with Gasteiger partial charge in [-0.15, -0.1) is 0 Å². The third-order valence-electron chi connectivity index (χ3n) is 5.08. The van der Waals surface area contributed by atoms with Crippen LogP contribution in [0.3, 0.4) is 0 Å². The van der Waals surface area contributed by atoms with Crippen LogP contribution in [-0.2, 0) is 20.2 Å². The van der Waals surface area contributed by atoms with E-state index in [0.29, 0.717) is 11.3 Å². The van der Waals surface area contributed by atoms with E-state index in [0.717, 1.165) is 0 Å². The lowest BCUT2D eigenvalue weighted by Gasteiger charge is -2.10. The largest absolute Gasteiger partial charge is 0.483 e. The second-order valence-corrected chi connectivity index (χ2v) is 7.53. The van der Waals surface area contributed by atoms with Crippen molar-refractivity contribution < 1.29 is 36.3 Å². The number of aromatic nitrogens is 2. The molecule has 0 unspecified atom stereocenters. The summed E-state index contributed by atoms with van der Waals surface area (Å²) in [5, 5.41) is 9.29. The van der Waals surface area contributed by atoms with E-state index in [1.54, 1.807) is 19.2 Å². The van der Waals surface area contributed by atoms with Crippen molar-refractivity contribution in [1.82, 2.24) is 15.1 Å². The average Bonchev–Trinajstić information content (AvgIpc) is 3.51. The van der Waals surface area contributed by atoms with Crippen molar-refractivity contribution in [2.24, 2.45) is 7.05 Å². The topological polar surface area (TPSA) is 98.4 Å². The molecule has 0 atom stereocenters. The quantitative estimate of drug-likeness (QED) is 0.276. The third kappa shape index (κ3) is 5.22. The van der Waals surface area contributed by atoms with Crippen LogP contribution in [0, 0.1) is 23.3 Å². The molecule has 36 heavy (non-hydrogen) atoms. The van der Waals surface area contributed by atoms with E-state index in [-0.39, 0.29) is 29.6 Å². The van der Waals surface area contributed by atoms with Crippen molar-refractivity contribution in [1.29, 1.82) is 0 Å². The van der Waals surface area contributed by atoms with E-state index in [4.69, 9.17) is 9.15 Å². The summed E-state index contributed by atoms with van der Waals surface area (Å²) in [6, 6.07) is 9.14. The molecule has 2 aromatic carbocycles. The van der Waals surface area contributed by atoms with Crippen LogP contribution in [0.25, 0.3) is 0 Å². The molecule has 0 saturated heterocycles. The molecule has 0 aliphatic rings. The van der Waals surface area contributed by atoms with Gasteiger partial charge in [0.2, 0.25) is 11.6 Å². The van der Waals surface area contributed by atoms with E-state index in [9.17, 15) is 27.2 Å². The Morgan fingerprint density at radius 1 is 1.03 bits per heavy atom. The van der Waals surface area contributed by atoms with Gasteiger partial charge >= 0.3 is 0 Å². The summed E-state index contributed by atoms with van der Waals surface area (Å²) in [5.41, 5.74) is 0.852. The molecule has 2 N–H and O–H groups in total. The average molecular weight is 502 g/mol. The first-order valence-electron chi connectivity index (χ1n) is 10.4. The van der Waals surface area contributed by atoms with Crippen LogP contribution in [0.2, 0.25) is 0 Å². The number of hydrogen-bond acceptors (Lipinski definition) is 5. The molecule has 0 aliphatic heterocycles. The normalized spacial score (nSPS) is 10.8. The first-order valence-corrected chi connectivity index (χ1v) is 10.4. The van der Waals surface area contributed by atoms with Gasteiger partial charge in [0.05, 0.1) is 24.7 Å². The Balaban J connectivity index is 1.40. The molecule has 2 heterocycles. The Bertz CT molecular complexity index is 1380. The molecule has 2 aromatic heterocycles. The Hall–Kier alpha value is -4.61. The maximum atomic E-state index is 13.7. The van der Waals surface area contributed by atoms with Crippen LogP contribution in [0.1, 0.15) is 32.2 Å². The van der Waals surface area contributed by atoms with Crippen molar-refractivity contribution in [3.05, 3.63) is 101 Å². The zero-order chi connectivity index (χ0) is 25.8. The lowest BCUT2D eigenvalue weighted by Crippen LogP contribution is -2.26. The summed E-state index contributed by atoms with van der Waals surface area (Å²) < 4.78 is 65.5. The molecule has 2 amide bonds. The van der Waals surface area contributed by atoms with Crippen molar-refractivity contribution in [3.63, 3.8) is 0 Å². The number of anilines is 1. The number of carbonyl (C=O) groups excluding carboxylic acids is 2. The molecule has 0 bridgehead atoms. The fourth-order valence-corrected chi connectivity index (χ4v) is 3.24. The number of hydrogen-bond donors (Lipinski definition) is 2.